The van der Waals surface area contributed by atoms with Crippen molar-refractivity contribution in [1.82, 2.24) is 10.2 Å². The van der Waals surface area contributed by atoms with Gasteiger partial charge in [-0.1, -0.05) is 67.1 Å². The van der Waals surface area contributed by atoms with Gasteiger partial charge < -0.3 is 10.2 Å². The van der Waals surface area contributed by atoms with Crippen LogP contribution >= 0.6 is 11.6 Å². The van der Waals surface area contributed by atoms with Gasteiger partial charge in [0.1, 0.15) is 18.4 Å². The monoisotopic (exact) mass is 531 g/mol. The van der Waals surface area contributed by atoms with Gasteiger partial charge in [-0.05, 0) is 42.3 Å². The molecule has 0 radical (unpaired) electrons. The minimum Gasteiger partial charge on any atom is -0.357 e. The lowest BCUT2D eigenvalue weighted by Crippen LogP contribution is -2.51. The Hall–Kier alpha value is -3.43. The summed E-state index contributed by atoms with van der Waals surface area (Å²) in [4.78, 5) is 27.7. The van der Waals surface area contributed by atoms with Crippen LogP contribution < -0.4 is 9.62 Å². The zero-order chi connectivity index (χ0) is 26.3. The molecule has 1 N–H and O–H groups in total. The van der Waals surface area contributed by atoms with Gasteiger partial charge >= 0.3 is 0 Å². The van der Waals surface area contributed by atoms with E-state index in [9.17, 15) is 22.4 Å². The molecule has 1 unspecified atom stereocenters. The van der Waals surface area contributed by atoms with E-state index in [1.165, 1.54) is 30.1 Å². The van der Waals surface area contributed by atoms with Crippen LogP contribution in [0.25, 0.3) is 0 Å². The van der Waals surface area contributed by atoms with Crippen LogP contribution in [0.15, 0.2) is 83.8 Å². The Balaban J connectivity index is 2.06. The number of nitrogens with one attached hydrogen (secondary N) is 1. The molecule has 0 saturated carbocycles. The van der Waals surface area contributed by atoms with E-state index in [0.717, 1.165) is 22.0 Å². The molecule has 36 heavy (non-hydrogen) atoms. The Morgan fingerprint density at radius 3 is 2.17 bits per heavy atom. The van der Waals surface area contributed by atoms with Crippen LogP contribution in [0.5, 0.6) is 0 Å². The fourth-order valence-corrected chi connectivity index (χ4v) is 5.36. The molecule has 0 fully saturated rings. The summed E-state index contributed by atoms with van der Waals surface area (Å²) >= 11 is 5.95. The summed E-state index contributed by atoms with van der Waals surface area (Å²) in [5, 5.41) is 2.28. The Bertz CT molecular complexity index is 1310. The second-order valence-corrected chi connectivity index (χ2v) is 10.2. The molecule has 0 saturated heterocycles. The quantitative estimate of drug-likeness (QED) is 0.424. The van der Waals surface area contributed by atoms with Gasteiger partial charge in [-0.25, -0.2) is 12.8 Å². The highest BCUT2D eigenvalue weighted by molar-refractivity contribution is 7.92. The largest absolute Gasteiger partial charge is 0.357 e. The van der Waals surface area contributed by atoms with E-state index in [0.29, 0.717) is 6.42 Å². The molecule has 0 bridgehead atoms. The summed E-state index contributed by atoms with van der Waals surface area (Å²) in [6.07, 6.45) is 0.312. The van der Waals surface area contributed by atoms with Crippen LogP contribution in [-0.2, 0) is 26.2 Å². The number of nitrogens with zero attached hydrogens (tertiary/aromatic N) is 2. The molecule has 1 atom stereocenters. The van der Waals surface area contributed by atoms with Crippen molar-refractivity contribution in [2.24, 2.45) is 0 Å². The maximum absolute atomic E-state index is 13.9. The average Bonchev–Trinajstić information content (AvgIpc) is 2.89. The molecule has 0 spiro atoms. The van der Waals surface area contributed by atoms with Crippen molar-refractivity contribution in [2.45, 2.75) is 30.8 Å². The van der Waals surface area contributed by atoms with Crippen molar-refractivity contribution in [1.29, 1.82) is 0 Å². The molecule has 0 aliphatic carbocycles. The first-order valence-electron chi connectivity index (χ1n) is 11.3. The number of hydrogen-bond acceptors (Lipinski definition) is 4. The predicted octanol–water partition coefficient (Wildman–Crippen LogP) is 4.23. The maximum Gasteiger partial charge on any atom is 0.264 e. The van der Waals surface area contributed by atoms with Gasteiger partial charge in [0.2, 0.25) is 11.8 Å². The van der Waals surface area contributed by atoms with Gasteiger partial charge in [0.15, 0.2) is 0 Å². The summed E-state index contributed by atoms with van der Waals surface area (Å²) < 4.78 is 42.0. The molecule has 3 aromatic rings. The molecule has 0 aliphatic rings. The van der Waals surface area contributed by atoms with Crippen LogP contribution in [0.1, 0.15) is 18.9 Å². The van der Waals surface area contributed by atoms with Gasteiger partial charge in [-0.3, -0.25) is 13.9 Å². The number of anilines is 1. The molecule has 0 aromatic heterocycles. The third-order valence-corrected chi connectivity index (χ3v) is 7.71. The lowest BCUT2D eigenvalue weighted by atomic mass is 10.1. The number of carbonyl (C=O) groups is 2. The minimum atomic E-state index is -4.24. The highest BCUT2D eigenvalue weighted by Crippen LogP contribution is 2.28. The first-order valence-corrected chi connectivity index (χ1v) is 13.1. The van der Waals surface area contributed by atoms with Gasteiger partial charge in [0.05, 0.1) is 15.6 Å². The first kappa shape index (κ1) is 27.2. The third kappa shape index (κ3) is 6.22. The number of halogens is 2. The van der Waals surface area contributed by atoms with Gasteiger partial charge in [0.25, 0.3) is 10.0 Å². The molecule has 2 amide bonds. The molecule has 3 rings (SSSR count). The number of rotatable bonds is 10. The van der Waals surface area contributed by atoms with Crippen molar-refractivity contribution < 1.29 is 22.4 Å². The normalized spacial score (nSPS) is 12.0. The van der Waals surface area contributed by atoms with Gasteiger partial charge in [-0.15, -0.1) is 0 Å². The second kappa shape index (κ2) is 12.0. The molecular weight excluding hydrogens is 505 g/mol. The number of sulfonamides is 1. The van der Waals surface area contributed by atoms with Crippen molar-refractivity contribution in [2.75, 3.05) is 17.9 Å². The lowest BCUT2D eigenvalue weighted by Gasteiger charge is -2.33. The lowest BCUT2D eigenvalue weighted by molar-refractivity contribution is -0.140. The summed E-state index contributed by atoms with van der Waals surface area (Å²) in [6.45, 7) is 1.23. The number of likely N-dealkylation sites (N-methyl/N-ethyl adjacent to an activating group) is 1. The number of amides is 2. The van der Waals surface area contributed by atoms with Crippen molar-refractivity contribution in [3.8, 4) is 0 Å². The Kier molecular flexibility index (Phi) is 9.06. The van der Waals surface area contributed by atoms with Crippen LogP contribution in [0.4, 0.5) is 10.1 Å². The zero-order valence-electron chi connectivity index (χ0n) is 19.9. The summed E-state index contributed by atoms with van der Waals surface area (Å²) in [7, 11) is -2.76. The molecule has 0 heterocycles. The summed E-state index contributed by atoms with van der Waals surface area (Å²) in [5.74, 6) is -1.70. The first-order chi connectivity index (χ1) is 17.2. The van der Waals surface area contributed by atoms with E-state index in [2.05, 4.69) is 5.32 Å². The SMILES string of the molecule is CCC(C(=O)NC)N(Cc1ccccc1)C(=O)CN(c1ccc(F)c(Cl)c1)S(=O)(=O)c1ccccc1. The number of benzene rings is 3. The molecule has 190 valence electrons. The fourth-order valence-electron chi connectivity index (χ4n) is 3.75. The molecular formula is C26H27ClFN3O4S. The van der Waals surface area contributed by atoms with Crippen molar-refractivity contribution in [3.63, 3.8) is 0 Å². The Morgan fingerprint density at radius 2 is 1.61 bits per heavy atom. The molecule has 3 aromatic carbocycles. The topological polar surface area (TPSA) is 86.8 Å². The number of hydrogen-bond donors (Lipinski definition) is 1. The van der Waals surface area contributed by atoms with Crippen LogP contribution in [0, 0.1) is 5.82 Å². The highest BCUT2D eigenvalue weighted by atomic mass is 35.5. The Morgan fingerprint density at radius 1 is 1.00 bits per heavy atom. The van der Waals surface area contributed by atoms with E-state index in [1.807, 2.05) is 30.3 Å². The van der Waals surface area contributed by atoms with Crippen LogP contribution in [0.3, 0.4) is 0 Å². The smallest absolute Gasteiger partial charge is 0.264 e. The third-order valence-electron chi connectivity index (χ3n) is 5.63. The fraction of sp³-hybridized carbons (Fsp3) is 0.231. The zero-order valence-corrected chi connectivity index (χ0v) is 21.5. The van der Waals surface area contributed by atoms with Crippen LogP contribution in [0.2, 0.25) is 5.02 Å². The van der Waals surface area contributed by atoms with E-state index in [-0.39, 0.29) is 28.1 Å². The minimum absolute atomic E-state index is 0.0197. The standard InChI is InChI=1S/C26H27ClFN3O4S/c1-3-24(26(33)29-2)30(17-19-10-6-4-7-11-19)25(32)18-31(20-14-15-23(28)22(27)16-20)36(34,35)21-12-8-5-9-13-21/h4-16,24H,3,17-18H2,1-2H3,(H,29,33). The van der Waals surface area contributed by atoms with E-state index < -0.39 is 34.3 Å². The summed E-state index contributed by atoms with van der Waals surface area (Å²) in [6, 6.07) is 19.3. The molecule has 7 nitrogen and oxygen atoms in total. The van der Waals surface area contributed by atoms with Crippen molar-refractivity contribution in [3.05, 3.63) is 95.3 Å². The van der Waals surface area contributed by atoms with Crippen LogP contribution in [-0.4, -0.2) is 44.8 Å². The maximum atomic E-state index is 13.9. The van der Waals surface area contributed by atoms with Gasteiger partial charge in [-0.2, -0.15) is 0 Å². The van der Waals surface area contributed by atoms with Gasteiger partial charge in [0, 0.05) is 13.6 Å². The molecule has 0 aliphatic heterocycles. The second-order valence-electron chi connectivity index (χ2n) is 7.97. The average molecular weight is 532 g/mol. The van der Waals surface area contributed by atoms with E-state index >= 15 is 0 Å². The van der Waals surface area contributed by atoms with Crippen molar-refractivity contribution >= 4 is 39.1 Å². The van der Waals surface area contributed by atoms with E-state index in [4.69, 9.17) is 11.6 Å². The predicted molar refractivity (Wildman–Crippen MR) is 138 cm³/mol. The highest BCUT2D eigenvalue weighted by Gasteiger charge is 2.33. The van der Waals surface area contributed by atoms with E-state index in [1.54, 1.807) is 25.1 Å². The summed E-state index contributed by atoms with van der Waals surface area (Å²) in [5.41, 5.74) is 0.793. The molecule has 10 heteroatoms. The Labute approximate surface area is 215 Å². The number of carbonyl (C=O) groups excluding carboxylic acids is 2.